The highest BCUT2D eigenvalue weighted by Gasteiger charge is 2.19. The maximum absolute atomic E-state index is 13.6. The minimum Gasteiger partial charge on any atom is -0.497 e. The van der Waals surface area contributed by atoms with Crippen LogP contribution >= 0.6 is 15.9 Å². The molecule has 0 heterocycles. The molecule has 0 aliphatic rings. The van der Waals surface area contributed by atoms with Gasteiger partial charge >= 0.3 is 0 Å². The first kappa shape index (κ1) is 15.8. The van der Waals surface area contributed by atoms with Gasteiger partial charge in [0.05, 0.1) is 20.3 Å². The first-order valence-electron chi connectivity index (χ1n) is 6.23. The van der Waals surface area contributed by atoms with Gasteiger partial charge in [-0.05, 0) is 42.0 Å². The van der Waals surface area contributed by atoms with Gasteiger partial charge in [0.15, 0.2) is 0 Å². The van der Waals surface area contributed by atoms with Crippen molar-refractivity contribution in [3.8, 4) is 11.5 Å². The molecule has 112 valence electrons. The number of nitrogens with one attached hydrogen (secondary N) is 1. The molecule has 0 saturated carbocycles. The van der Waals surface area contributed by atoms with Gasteiger partial charge in [0.1, 0.15) is 17.3 Å². The van der Waals surface area contributed by atoms with E-state index in [-0.39, 0.29) is 5.82 Å². The van der Waals surface area contributed by atoms with Gasteiger partial charge in [-0.1, -0.05) is 15.9 Å². The Balaban J connectivity index is 2.54. The molecule has 2 aromatic rings. The van der Waals surface area contributed by atoms with Crippen LogP contribution in [-0.2, 0) is 0 Å². The van der Waals surface area contributed by atoms with E-state index in [4.69, 9.17) is 15.3 Å². The van der Waals surface area contributed by atoms with E-state index in [9.17, 15) is 4.39 Å². The summed E-state index contributed by atoms with van der Waals surface area (Å²) in [7, 11) is 3.15. The highest BCUT2D eigenvalue weighted by Crippen LogP contribution is 2.33. The molecular formula is C15H16BrFN2O2. The van der Waals surface area contributed by atoms with Crippen molar-refractivity contribution in [3.05, 3.63) is 57.8 Å². The molecule has 1 atom stereocenters. The Hall–Kier alpha value is -1.63. The molecule has 3 N–H and O–H groups in total. The van der Waals surface area contributed by atoms with Gasteiger partial charge in [0.2, 0.25) is 0 Å². The molecule has 21 heavy (non-hydrogen) atoms. The van der Waals surface area contributed by atoms with Crippen LogP contribution in [0, 0.1) is 5.82 Å². The Morgan fingerprint density at radius 3 is 2.48 bits per heavy atom. The maximum atomic E-state index is 13.6. The molecule has 0 aromatic heterocycles. The number of halogens is 2. The van der Waals surface area contributed by atoms with Gasteiger partial charge < -0.3 is 9.47 Å². The van der Waals surface area contributed by atoms with Gasteiger partial charge in [-0.2, -0.15) is 0 Å². The van der Waals surface area contributed by atoms with Crippen LogP contribution in [-0.4, -0.2) is 14.2 Å². The Bertz CT molecular complexity index is 617. The monoisotopic (exact) mass is 354 g/mol. The Labute approximate surface area is 131 Å². The van der Waals surface area contributed by atoms with E-state index >= 15 is 0 Å². The predicted octanol–water partition coefficient (Wildman–Crippen LogP) is 3.16. The van der Waals surface area contributed by atoms with E-state index in [1.54, 1.807) is 32.4 Å². The number of ether oxygens (including phenoxy) is 2. The zero-order valence-electron chi connectivity index (χ0n) is 11.7. The van der Waals surface area contributed by atoms with Gasteiger partial charge in [-0.3, -0.25) is 5.84 Å². The fourth-order valence-electron chi connectivity index (χ4n) is 2.17. The molecule has 0 bridgehead atoms. The van der Waals surface area contributed by atoms with Gasteiger partial charge in [0.25, 0.3) is 0 Å². The summed E-state index contributed by atoms with van der Waals surface area (Å²) in [5, 5.41) is 0. The molecule has 0 saturated heterocycles. The maximum Gasteiger partial charge on any atom is 0.124 e. The van der Waals surface area contributed by atoms with E-state index in [1.807, 2.05) is 6.07 Å². The SMILES string of the molecule is COc1ccc(OC)c(C(NN)c2cc(F)cc(Br)c2)c1. The van der Waals surface area contributed by atoms with Gasteiger partial charge in [0, 0.05) is 10.0 Å². The molecular weight excluding hydrogens is 339 g/mol. The molecule has 6 heteroatoms. The summed E-state index contributed by atoms with van der Waals surface area (Å²) in [6.07, 6.45) is 0. The predicted molar refractivity (Wildman–Crippen MR) is 82.8 cm³/mol. The number of hydrazine groups is 1. The van der Waals surface area contributed by atoms with Crippen LogP contribution in [0.5, 0.6) is 11.5 Å². The van der Waals surface area contributed by atoms with Crippen molar-refractivity contribution in [1.29, 1.82) is 0 Å². The first-order chi connectivity index (χ1) is 10.1. The molecule has 0 aliphatic carbocycles. The topological polar surface area (TPSA) is 56.5 Å². The average molecular weight is 355 g/mol. The van der Waals surface area contributed by atoms with Crippen LogP contribution in [0.25, 0.3) is 0 Å². The molecule has 4 nitrogen and oxygen atoms in total. The van der Waals surface area contributed by atoms with Gasteiger partial charge in [-0.15, -0.1) is 0 Å². The fourth-order valence-corrected chi connectivity index (χ4v) is 2.66. The first-order valence-corrected chi connectivity index (χ1v) is 7.02. The van der Waals surface area contributed by atoms with Crippen molar-refractivity contribution < 1.29 is 13.9 Å². The summed E-state index contributed by atoms with van der Waals surface area (Å²) in [6, 6.07) is 9.56. The van der Waals surface area contributed by atoms with E-state index < -0.39 is 6.04 Å². The number of methoxy groups -OCH3 is 2. The highest BCUT2D eigenvalue weighted by atomic mass is 79.9. The third-order valence-electron chi connectivity index (χ3n) is 3.13. The van der Waals surface area contributed by atoms with Crippen molar-refractivity contribution in [1.82, 2.24) is 5.43 Å². The van der Waals surface area contributed by atoms with Crippen LogP contribution in [0.1, 0.15) is 17.2 Å². The van der Waals surface area contributed by atoms with Gasteiger partial charge in [-0.25, -0.2) is 9.82 Å². The lowest BCUT2D eigenvalue weighted by atomic mass is 9.98. The molecule has 2 aromatic carbocycles. The lowest BCUT2D eigenvalue weighted by Gasteiger charge is -2.20. The second-order valence-electron chi connectivity index (χ2n) is 4.41. The zero-order chi connectivity index (χ0) is 15.4. The highest BCUT2D eigenvalue weighted by molar-refractivity contribution is 9.10. The van der Waals surface area contributed by atoms with Crippen molar-refractivity contribution in [2.75, 3.05) is 14.2 Å². The van der Waals surface area contributed by atoms with Crippen LogP contribution < -0.4 is 20.7 Å². The minimum atomic E-state index is -0.429. The lowest BCUT2D eigenvalue weighted by Crippen LogP contribution is -2.29. The quantitative estimate of drug-likeness (QED) is 0.639. The standard InChI is InChI=1S/C15H16BrFN2O2/c1-20-12-3-4-14(21-2)13(8-12)15(19-18)9-5-10(16)7-11(17)6-9/h3-8,15,19H,18H2,1-2H3. The summed E-state index contributed by atoms with van der Waals surface area (Å²) >= 11 is 3.28. The Morgan fingerprint density at radius 2 is 1.90 bits per heavy atom. The van der Waals surface area contributed by atoms with E-state index in [0.717, 1.165) is 5.56 Å². The van der Waals surface area contributed by atoms with Crippen LogP contribution in [0.4, 0.5) is 4.39 Å². The van der Waals surface area contributed by atoms with E-state index in [2.05, 4.69) is 21.4 Å². The number of hydrogen-bond acceptors (Lipinski definition) is 4. The number of hydrogen-bond donors (Lipinski definition) is 2. The molecule has 0 aliphatic heterocycles. The smallest absolute Gasteiger partial charge is 0.124 e. The van der Waals surface area contributed by atoms with E-state index in [0.29, 0.717) is 21.5 Å². The summed E-state index contributed by atoms with van der Waals surface area (Å²) in [6.45, 7) is 0. The summed E-state index contributed by atoms with van der Waals surface area (Å²) < 4.78 is 24.8. The van der Waals surface area contributed by atoms with Crippen molar-refractivity contribution in [2.24, 2.45) is 5.84 Å². The molecule has 1 unspecified atom stereocenters. The second kappa shape index (κ2) is 6.89. The molecule has 0 fully saturated rings. The molecule has 0 radical (unpaired) electrons. The Kier molecular flexibility index (Phi) is 5.17. The third kappa shape index (κ3) is 3.53. The molecule has 2 rings (SSSR count). The fraction of sp³-hybridized carbons (Fsp3) is 0.200. The average Bonchev–Trinajstić information content (AvgIpc) is 2.47. The molecule has 0 spiro atoms. The lowest BCUT2D eigenvalue weighted by molar-refractivity contribution is 0.394. The van der Waals surface area contributed by atoms with E-state index in [1.165, 1.54) is 12.1 Å². The van der Waals surface area contributed by atoms with Crippen LogP contribution in [0.3, 0.4) is 0 Å². The largest absolute Gasteiger partial charge is 0.497 e. The number of nitrogens with two attached hydrogens (primary N) is 1. The summed E-state index contributed by atoms with van der Waals surface area (Å²) in [5.41, 5.74) is 4.13. The van der Waals surface area contributed by atoms with Crippen molar-refractivity contribution in [3.63, 3.8) is 0 Å². The zero-order valence-corrected chi connectivity index (χ0v) is 13.3. The minimum absolute atomic E-state index is 0.346. The number of rotatable bonds is 5. The van der Waals surface area contributed by atoms with Crippen molar-refractivity contribution in [2.45, 2.75) is 6.04 Å². The van der Waals surface area contributed by atoms with Crippen LogP contribution in [0.15, 0.2) is 40.9 Å². The Morgan fingerprint density at radius 1 is 1.14 bits per heavy atom. The third-order valence-corrected chi connectivity index (χ3v) is 3.59. The van der Waals surface area contributed by atoms with Crippen molar-refractivity contribution >= 4 is 15.9 Å². The molecule has 0 amide bonds. The number of benzene rings is 2. The second-order valence-corrected chi connectivity index (χ2v) is 5.33. The van der Waals surface area contributed by atoms with Crippen LogP contribution in [0.2, 0.25) is 0 Å². The summed E-state index contributed by atoms with van der Waals surface area (Å²) in [5.74, 6) is 6.63. The summed E-state index contributed by atoms with van der Waals surface area (Å²) in [4.78, 5) is 0. The normalized spacial score (nSPS) is 12.0.